The molecule has 3 rings (SSSR count). The summed E-state index contributed by atoms with van der Waals surface area (Å²) in [4.78, 5) is 18.3. The van der Waals surface area contributed by atoms with Crippen molar-refractivity contribution in [2.45, 2.75) is 19.4 Å². The molecule has 1 aliphatic rings. The molecule has 0 unspecified atom stereocenters. The minimum atomic E-state index is -0.130. The summed E-state index contributed by atoms with van der Waals surface area (Å²) < 4.78 is 11.2. The van der Waals surface area contributed by atoms with Gasteiger partial charge in [-0.3, -0.25) is 0 Å². The number of hydrogen-bond acceptors (Lipinski definition) is 4. The van der Waals surface area contributed by atoms with Crippen LogP contribution in [0.4, 0.5) is 10.5 Å². The van der Waals surface area contributed by atoms with Crippen LogP contribution >= 0.6 is 0 Å². The number of urea groups is 1. The minimum absolute atomic E-state index is 0.130. The quantitative estimate of drug-likeness (QED) is 0.912. The maximum Gasteiger partial charge on any atom is 0.321 e. The Morgan fingerprint density at radius 3 is 2.96 bits per heavy atom. The van der Waals surface area contributed by atoms with Crippen molar-refractivity contribution >= 4 is 11.7 Å². The fourth-order valence-electron chi connectivity index (χ4n) is 2.64. The number of pyridine rings is 1. The molecule has 0 saturated carbocycles. The molecular weight excluding hydrogens is 306 g/mol. The normalized spacial score (nSPS) is 16.9. The molecule has 1 fully saturated rings. The summed E-state index contributed by atoms with van der Waals surface area (Å²) in [6.45, 7) is 3.96. The highest BCUT2D eigenvalue weighted by Gasteiger charge is 2.26. The Labute approximate surface area is 141 Å². The van der Waals surface area contributed by atoms with Crippen molar-refractivity contribution in [3.05, 3.63) is 48.7 Å². The third-order valence-corrected chi connectivity index (χ3v) is 3.79. The molecule has 1 saturated heterocycles. The van der Waals surface area contributed by atoms with Crippen LogP contribution in [0.3, 0.4) is 0 Å². The summed E-state index contributed by atoms with van der Waals surface area (Å²) in [5, 5.41) is 2.88. The van der Waals surface area contributed by atoms with Crippen LogP contribution in [0, 0.1) is 0 Å². The summed E-state index contributed by atoms with van der Waals surface area (Å²) in [5.74, 6) is 1.14. The molecule has 1 aromatic carbocycles. The van der Waals surface area contributed by atoms with Gasteiger partial charge in [0, 0.05) is 37.6 Å². The highest BCUT2D eigenvalue weighted by atomic mass is 16.5. The van der Waals surface area contributed by atoms with E-state index in [0.717, 1.165) is 6.42 Å². The molecule has 1 atom stereocenters. The fraction of sp³-hybridized carbons (Fsp3) is 0.333. The maximum absolute atomic E-state index is 12.3. The average Bonchev–Trinajstić information content (AvgIpc) is 3.05. The zero-order chi connectivity index (χ0) is 16.8. The lowest BCUT2D eigenvalue weighted by Crippen LogP contribution is -2.34. The molecule has 2 aromatic rings. The Balaban J connectivity index is 1.59. The Morgan fingerprint density at radius 1 is 1.33 bits per heavy atom. The molecule has 1 aromatic heterocycles. The monoisotopic (exact) mass is 327 g/mol. The first-order chi connectivity index (χ1) is 11.7. The molecular formula is C18H21N3O3. The van der Waals surface area contributed by atoms with Crippen molar-refractivity contribution in [2.75, 3.05) is 25.0 Å². The molecule has 1 aliphatic heterocycles. The highest BCUT2D eigenvalue weighted by molar-refractivity contribution is 5.89. The summed E-state index contributed by atoms with van der Waals surface area (Å²) in [7, 11) is 0. The number of carbonyl (C=O) groups excluding carboxylic acids is 1. The number of nitrogens with one attached hydrogen (secondary N) is 1. The SMILES string of the molecule is CCO[C@H]1CCN(C(=O)Nc2ccnc(Oc3ccccc3)c2)C1. The van der Waals surface area contributed by atoms with Crippen molar-refractivity contribution in [2.24, 2.45) is 0 Å². The number of anilines is 1. The largest absolute Gasteiger partial charge is 0.439 e. The molecule has 1 N–H and O–H groups in total. The number of ether oxygens (including phenoxy) is 2. The number of carbonyl (C=O) groups is 1. The first-order valence-corrected chi connectivity index (χ1v) is 8.11. The van der Waals surface area contributed by atoms with E-state index in [9.17, 15) is 4.79 Å². The predicted molar refractivity (Wildman–Crippen MR) is 91.4 cm³/mol. The van der Waals surface area contributed by atoms with Crippen LogP contribution in [0.1, 0.15) is 13.3 Å². The van der Waals surface area contributed by atoms with Gasteiger partial charge in [-0.05, 0) is 31.5 Å². The van der Waals surface area contributed by atoms with Crippen molar-refractivity contribution in [1.29, 1.82) is 0 Å². The van der Waals surface area contributed by atoms with Crippen LogP contribution in [0.25, 0.3) is 0 Å². The number of amides is 2. The molecule has 2 heterocycles. The smallest absolute Gasteiger partial charge is 0.321 e. The zero-order valence-corrected chi connectivity index (χ0v) is 13.6. The second-order valence-electron chi connectivity index (χ2n) is 5.54. The molecule has 2 amide bonds. The lowest BCUT2D eigenvalue weighted by molar-refractivity contribution is 0.0716. The van der Waals surface area contributed by atoms with Crippen LogP contribution in [0.15, 0.2) is 48.7 Å². The van der Waals surface area contributed by atoms with Crippen LogP contribution in [0.5, 0.6) is 11.6 Å². The summed E-state index contributed by atoms with van der Waals surface area (Å²) in [6.07, 6.45) is 2.62. The average molecular weight is 327 g/mol. The number of likely N-dealkylation sites (tertiary alicyclic amines) is 1. The predicted octanol–water partition coefficient (Wildman–Crippen LogP) is 3.52. The zero-order valence-electron chi connectivity index (χ0n) is 13.6. The number of rotatable bonds is 5. The number of para-hydroxylation sites is 1. The van der Waals surface area contributed by atoms with Gasteiger partial charge in [-0.25, -0.2) is 9.78 Å². The highest BCUT2D eigenvalue weighted by Crippen LogP contribution is 2.22. The van der Waals surface area contributed by atoms with Gasteiger partial charge >= 0.3 is 6.03 Å². The number of aromatic nitrogens is 1. The van der Waals surface area contributed by atoms with Crippen molar-refractivity contribution in [3.8, 4) is 11.6 Å². The van der Waals surface area contributed by atoms with E-state index in [0.29, 0.717) is 37.0 Å². The van der Waals surface area contributed by atoms with Gasteiger partial charge in [0.05, 0.1) is 6.10 Å². The molecule has 6 nitrogen and oxygen atoms in total. The second-order valence-corrected chi connectivity index (χ2v) is 5.54. The molecule has 0 aliphatic carbocycles. The third-order valence-electron chi connectivity index (χ3n) is 3.79. The van der Waals surface area contributed by atoms with E-state index in [-0.39, 0.29) is 12.1 Å². The molecule has 0 spiro atoms. The fourth-order valence-corrected chi connectivity index (χ4v) is 2.64. The number of nitrogens with zero attached hydrogens (tertiary/aromatic N) is 2. The van der Waals surface area contributed by atoms with E-state index in [1.807, 2.05) is 37.3 Å². The van der Waals surface area contributed by atoms with E-state index in [1.165, 1.54) is 0 Å². The van der Waals surface area contributed by atoms with Gasteiger partial charge in [0.2, 0.25) is 5.88 Å². The molecule has 0 radical (unpaired) electrons. The first-order valence-electron chi connectivity index (χ1n) is 8.11. The van der Waals surface area contributed by atoms with E-state index in [2.05, 4.69) is 10.3 Å². The lowest BCUT2D eigenvalue weighted by Gasteiger charge is -2.17. The van der Waals surface area contributed by atoms with Crippen LogP contribution in [-0.2, 0) is 4.74 Å². The van der Waals surface area contributed by atoms with Crippen molar-refractivity contribution < 1.29 is 14.3 Å². The molecule has 24 heavy (non-hydrogen) atoms. The van der Waals surface area contributed by atoms with Crippen molar-refractivity contribution in [3.63, 3.8) is 0 Å². The molecule has 6 heteroatoms. The van der Waals surface area contributed by atoms with Gasteiger partial charge in [-0.15, -0.1) is 0 Å². The summed E-state index contributed by atoms with van der Waals surface area (Å²) in [6, 6.07) is 12.7. The molecule has 0 bridgehead atoms. The standard InChI is InChI=1S/C18H21N3O3/c1-2-23-16-9-11-21(13-16)18(22)20-14-8-10-19-17(12-14)24-15-6-4-3-5-7-15/h3-8,10,12,16H,2,9,11,13H2,1H3,(H,19,20,22)/t16-/m0/s1. The van der Waals surface area contributed by atoms with E-state index in [4.69, 9.17) is 9.47 Å². The lowest BCUT2D eigenvalue weighted by atomic mass is 10.3. The topological polar surface area (TPSA) is 63.7 Å². The van der Waals surface area contributed by atoms with E-state index >= 15 is 0 Å². The van der Waals surface area contributed by atoms with E-state index < -0.39 is 0 Å². The Hall–Kier alpha value is -2.60. The van der Waals surface area contributed by atoms with Gasteiger partial charge in [0.1, 0.15) is 5.75 Å². The Morgan fingerprint density at radius 2 is 2.17 bits per heavy atom. The van der Waals surface area contributed by atoms with Gasteiger partial charge in [0.25, 0.3) is 0 Å². The summed E-state index contributed by atoms with van der Waals surface area (Å²) >= 11 is 0. The van der Waals surface area contributed by atoms with Crippen molar-refractivity contribution in [1.82, 2.24) is 9.88 Å². The van der Waals surface area contributed by atoms with Gasteiger partial charge in [-0.2, -0.15) is 0 Å². The minimum Gasteiger partial charge on any atom is -0.439 e. The van der Waals surface area contributed by atoms with Gasteiger partial charge in [0.15, 0.2) is 0 Å². The van der Waals surface area contributed by atoms with E-state index in [1.54, 1.807) is 23.2 Å². The maximum atomic E-state index is 12.3. The van der Waals surface area contributed by atoms with Gasteiger partial charge in [-0.1, -0.05) is 18.2 Å². The van der Waals surface area contributed by atoms with Crippen LogP contribution in [-0.4, -0.2) is 41.7 Å². The Bertz CT molecular complexity index is 678. The third kappa shape index (κ3) is 4.23. The number of benzene rings is 1. The second kappa shape index (κ2) is 7.79. The van der Waals surface area contributed by atoms with Crippen LogP contribution < -0.4 is 10.1 Å². The molecule has 126 valence electrons. The Kier molecular flexibility index (Phi) is 5.28. The van der Waals surface area contributed by atoms with Gasteiger partial charge < -0.3 is 19.7 Å². The number of hydrogen-bond donors (Lipinski definition) is 1. The first kappa shape index (κ1) is 16.3. The summed E-state index contributed by atoms with van der Waals surface area (Å²) in [5.41, 5.74) is 0.654. The van der Waals surface area contributed by atoms with Crippen LogP contribution in [0.2, 0.25) is 0 Å².